The number of ether oxygens (including phenoxy) is 3. The Morgan fingerprint density at radius 3 is 2.18 bits per heavy atom. The van der Waals surface area contributed by atoms with Crippen molar-refractivity contribution in [1.29, 1.82) is 0 Å². The van der Waals surface area contributed by atoms with Crippen molar-refractivity contribution >= 4 is 24.0 Å². The number of nitrogens with one attached hydrogen (secondary N) is 1. The predicted octanol–water partition coefficient (Wildman–Crippen LogP) is 3.34. The van der Waals surface area contributed by atoms with Gasteiger partial charge in [0.25, 0.3) is 0 Å². The first-order valence-corrected chi connectivity index (χ1v) is 11.3. The van der Waals surface area contributed by atoms with E-state index in [2.05, 4.69) is 5.32 Å². The Balaban J connectivity index is 2.69. The van der Waals surface area contributed by atoms with Crippen molar-refractivity contribution < 1.29 is 28.6 Å². The number of hydrogen-bond acceptors (Lipinski definition) is 8. The Hall–Kier alpha value is -3.39. The molecule has 184 valence electrons. The van der Waals surface area contributed by atoms with Crippen LogP contribution in [0, 0.1) is 0 Å². The third-order valence-electron chi connectivity index (χ3n) is 4.95. The second kappa shape index (κ2) is 11.7. The van der Waals surface area contributed by atoms with Gasteiger partial charge in [-0.1, -0.05) is 24.3 Å². The van der Waals surface area contributed by atoms with E-state index < -0.39 is 29.4 Å². The molecule has 8 heteroatoms. The molecule has 0 bridgehead atoms. The molecule has 0 aromatic heterocycles. The van der Waals surface area contributed by atoms with Gasteiger partial charge in [0.15, 0.2) is 0 Å². The smallest absolute Gasteiger partial charge is 0.336 e. The van der Waals surface area contributed by atoms with E-state index in [1.807, 2.05) is 0 Å². The van der Waals surface area contributed by atoms with E-state index in [-0.39, 0.29) is 30.9 Å². The Morgan fingerprint density at radius 2 is 1.62 bits per heavy atom. The summed E-state index contributed by atoms with van der Waals surface area (Å²) in [5, 5.41) is 3.08. The third-order valence-corrected chi connectivity index (χ3v) is 4.95. The molecule has 1 heterocycles. The quantitative estimate of drug-likeness (QED) is 0.338. The molecule has 0 saturated carbocycles. The van der Waals surface area contributed by atoms with Crippen molar-refractivity contribution in [1.82, 2.24) is 5.32 Å². The van der Waals surface area contributed by atoms with Crippen LogP contribution >= 0.6 is 0 Å². The molecule has 1 unspecified atom stereocenters. The summed E-state index contributed by atoms with van der Waals surface area (Å²) in [4.78, 5) is 38.4. The molecule has 1 atom stereocenters. The molecule has 3 N–H and O–H groups in total. The minimum Gasteiger partial charge on any atom is -0.463 e. The SMILES string of the molecule is CCOC(=O)C1=C(C)NC(CN)=C(C(=O)OCC)C1c1ccccc1C=CC(=O)OC(C)(C)C. The average molecular weight is 471 g/mol. The monoisotopic (exact) mass is 470 g/mol. The molecule has 8 nitrogen and oxygen atoms in total. The summed E-state index contributed by atoms with van der Waals surface area (Å²) < 4.78 is 16.0. The summed E-state index contributed by atoms with van der Waals surface area (Å²) in [5.41, 5.74) is 8.08. The van der Waals surface area contributed by atoms with Gasteiger partial charge in [0.1, 0.15) is 5.60 Å². The number of dihydropyridines is 1. The average Bonchev–Trinajstić information content (AvgIpc) is 2.76. The lowest BCUT2D eigenvalue weighted by atomic mass is 9.78. The van der Waals surface area contributed by atoms with E-state index in [1.165, 1.54) is 6.08 Å². The highest BCUT2D eigenvalue weighted by Crippen LogP contribution is 2.40. The van der Waals surface area contributed by atoms with Crippen molar-refractivity contribution in [3.63, 3.8) is 0 Å². The summed E-state index contributed by atoms with van der Waals surface area (Å²) in [7, 11) is 0. The molecule has 1 aliphatic rings. The third kappa shape index (κ3) is 6.57. The number of carbonyl (C=O) groups is 3. The van der Waals surface area contributed by atoms with Gasteiger partial charge < -0.3 is 25.3 Å². The molecule has 1 aliphatic heterocycles. The fraction of sp³-hybridized carbons (Fsp3) is 0.423. The number of nitrogens with two attached hydrogens (primary N) is 1. The van der Waals surface area contributed by atoms with Crippen LogP contribution in [0.4, 0.5) is 0 Å². The van der Waals surface area contributed by atoms with Crippen LogP contribution in [0.5, 0.6) is 0 Å². The number of esters is 3. The van der Waals surface area contributed by atoms with Gasteiger partial charge in [-0.2, -0.15) is 0 Å². The number of benzene rings is 1. The normalized spacial score (nSPS) is 16.4. The zero-order chi connectivity index (χ0) is 25.5. The van der Waals surface area contributed by atoms with Crippen LogP contribution in [0.3, 0.4) is 0 Å². The van der Waals surface area contributed by atoms with E-state index in [1.54, 1.807) is 71.9 Å². The van der Waals surface area contributed by atoms with Gasteiger partial charge in [0, 0.05) is 24.0 Å². The van der Waals surface area contributed by atoms with E-state index in [0.717, 1.165) is 0 Å². The van der Waals surface area contributed by atoms with Crippen LogP contribution < -0.4 is 11.1 Å². The largest absolute Gasteiger partial charge is 0.463 e. The second-order valence-corrected chi connectivity index (χ2v) is 8.63. The lowest BCUT2D eigenvalue weighted by molar-refractivity contribution is -0.148. The van der Waals surface area contributed by atoms with Gasteiger partial charge in [0.2, 0.25) is 0 Å². The Morgan fingerprint density at radius 1 is 1.03 bits per heavy atom. The first-order chi connectivity index (χ1) is 16.0. The summed E-state index contributed by atoms with van der Waals surface area (Å²) in [6, 6.07) is 7.19. The van der Waals surface area contributed by atoms with E-state index >= 15 is 0 Å². The van der Waals surface area contributed by atoms with Gasteiger partial charge in [0.05, 0.1) is 30.3 Å². The number of allylic oxidation sites excluding steroid dienone is 1. The molecule has 34 heavy (non-hydrogen) atoms. The summed E-state index contributed by atoms with van der Waals surface area (Å²) in [6.45, 7) is 10.9. The molecule has 1 aromatic carbocycles. The van der Waals surface area contributed by atoms with Crippen molar-refractivity contribution in [2.45, 2.75) is 53.1 Å². The van der Waals surface area contributed by atoms with Crippen molar-refractivity contribution in [2.75, 3.05) is 19.8 Å². The summed E-state index contributed by atoms with van der Waals surface area (Å²) in [5.74, 6) is -2.45. The van der Waals surface area contributed by atoms with Gasteiger partial charge in [-0.3, -0.25) is 0 Å². The van der Waals surface area contributed by atoms with Gasteiger partial charge >= 0.3 is 17.9 Å². The van der Waals surface area contributed by atoms with Gasteiger partial charge in [-0.15, -0.1) is 0 Å². The number of hydrogen-bond donors (Lipinski definition) is 2. The minimum absolute atomic E-state index is 0.0357. The fourth-order valence-corrected chi connectivity index (χ4v) is 3.72. The summed E-state index contributed by atoms with van der Waals surface area (Å²) in [6.07, 6.45) is 2.93. The zero-order valence-electron chi connectivity index (χ0n) is 20.7. The maximum Gasteiger partial charge on any atom is 0.336 e. The highest BCUT2D eigenvalue weighted by Gasteiger charge is 2.39. The highest BCUT2D eigenvalue weighted by molar-refractivity contribution is 6.00. The number of rotatable bonds is 8. The maximum absolute atomic E-state index is 13.1. The van der Waals surface area contributed by atoms with Gasteiger partial charge in [-0.25, -0.2) is 14.4 Å². The summed E-state index contributed by atoms with van der Waals surface area (Å²) >= 11 is 0. The van der Waals surface area contributed by atoms with Crippen LogP contribution in [0.15, 0.2) is 52.9 Å². The zero-order valence-corrected chi connectivity index (χ0v) is 20.7. The Labute approximate surface area is 200 Å². The standard InChI is InChI=1S/C26H34N2O6/c1-7-32-24(30)21-16(3)28-19(15-27)23(25(31)33-8-2)22(21)18-12-10-9-11-17(18)13-14-20(29)34-26(4,5)6/h9-14,22,28H,7-8,15,27H2,1-6H3. The van der Waals surface area contributed by atoms with Crippen molar-refractivity contribution in [3.8, 4) is 0 Å². The molecular weight excluding hydrogens is 436 g/mol. The second-order valence-electron chi connectivity index (χ2n) is 8.63. The molecule has 0 spiro atoms. The highest BCUT2D eigenvalue weighted by atomic mass is 16.6. The van der Waals surface area contributed by atoms with E-state index in [9.17, 15) is 14.4 Å². The van der Waals surface area contributed by atoms with Crippen LogP contribution in [0.25, 0.3) is 6.08 Å². The molecule has 1 aromatic rings. The van der Waals surface area contributed by atoms with E-state index in [0.29, 0.717) is 22.5 Å². The van der Waals surface area contributed by atoms with Crippen LogP contribution in [-0.4, -0.2) is 43.3 Å². The first kappa shape index (κ1) is 26.9. The predicted molar refractivity (Wildman–Crippen MR) is 129 cm³/mol. The Kier molecular flexibility index (Phi) is 9.20. The van der Waals surface area contributed by atoms with Gasteiger partial charge in [-0.05, 0) is 58.7 Å². The molecule has 0 radical (unpaired) electrons. The molecule has 0 aliphatic carbocycles. The fourth-order valence-electron chi connectivity index (χ4n) is 3.72. The van der Waals surface area contributed by atoms with E-state index in [4.69, 9.17) is 19.9 Å². The Bertz CT molecular complexity index is 1030. The van der Waals surface area contributed by atoms with Crippen LogP contribution in [0.2, 0.25) is 0 Å². The topological polar surface area (TPSA) is 117 Å². The molecule has 0 amide bonds. The maximum atomic E-state index is 13.1. The van der Waals surface area contributed by atoms with Crippen LogP contribution in [0.1, 0.15) is 58.6 Å². The molecule has 0 fully saturated rings. The minimum atomic E-state index is -0.808. The van der Waals surface area contributed by atoms with Crippen LogP contribution in [-0.2, 0) is 28.6 Å². The molecule has 0 saturated heterocycles. The lowest BCUT2D eigenvalue weighted by Gasteiger charge is -2.32. The number of carbonyl (C=O) groups excluding carboxylic acids is 3. The lowest BCUT2D eigenvalue weighted by Crippen LogP contribution is -2.36. The van der Waals surface area contributed by atoms with Crippen molar-refractivity contribution in [3.05, 3.63) is 64.0 Å². The van der Waals surface area contributed by atoms with Crippen molar-refractivity contribution in [2.24, 2.45) is 5.73 Å². The molecule has 2 rings (SSSR count). The molecular formula is C26H34N2O6. The first-order valence-electron chi connectivity index (χ1n) is 11.3.